The first-order valence-corrected chi connectivity index (χ1v) is 6.32. The largest absolute Gasteiger partial charge is 0.360 e. The summed E-state index contributed by atoms with van der Waals surface area (Å²) in [7, 11) is 0. The van der Waals surface area contributed by atoms with Gasteiger partial charge < -0.3 is 9.64 Å². The van der Waals surface area contributed by atoms with E-state index < -0.39 is 6.10 Å². The van der Waals surface area contributed by atoms with Crippen molar-refractivity contribution in [1.82, 2.24) is 9.97 Å². The number of ether oxygens (including phenoxy) is 1. The average Bonchev–Trinajstić information content (AvgIpc) is 2.38. The van der Waals surface area contributed by atoms with Crippen LogP contribution in [0.15, 0.2) is 0 Å². The molecule has 1 fully saturated rings. The number of halogens is 1. The summed E-state index contributed by atoms with van der Waals surface area (Å²) in [5.41, 5.74) is 0.931. The Morgan fingerprint density at radius 1 is 1.56 bits per heavy atom. The molecule has 2 heterocycles. The number of aromatic nitrogens is 2. The highest BCUT2D eigenvalue weighted by Gasteiger charge is 2.24. The van der Waals surface area contributed by atoms with Crippen molar-refractivity contribution in [2.45, 2.75) is 26.4 Å². The molecule has 0 N–H and O–H groups in total. The fraction of sp³-hybridized carbons (Fsp3) is 0.583. The predicted molar refractivity (Wildman–Crippen MR) is 68.7 cm³/mol. The summed E-state index contributed by atoms with van der Waals surface area (Å²) in [6.07, 6.45) is 0.362. The lowest BCUT2D eigenvalue weighted by molar-refractivity contribution is 0.0760. The third-order valence-electron chi connectivity index (χ3n) is 2.91. The van der Waals surface area contributed by atoms with E-state index in [0.717, 1.165) is 24.3 Å². The van der Waals surface area contributed by atoms with Crippen LogP contribution in [0.3, 0.4) is 0 Å². The molecule has 0 bridgehead atoms. The summed E-state index contributed by atoms with van der Waals surface area (Å²) in [6.45, 7) is 5.61. The molecule has 1 saturated heterocycles. The summed E-state index contributed by atoms with van der Waals surface area (Å²) in [5, 5.41) is 9.43. The molecule has 0 amide bonds. The van der Waals surface area contributed by atoms with Crippen molar-refractivity contribution < 1.29 is 4.74 Å². The number of morpholine rings is 1. The van der Waals surface area contributed by atoms with Gasteiger partial charge in [-0.05, 0) is 13.3 Å². The van der Waals surface area contributed by atoms with Crippen molar-refractivity contribution >= 4 is 17.4 Å². The summed E-state index contributed by atoms with van der Waals surface area (Å²) in [5.74, 6) is 1.48. The number of hydrogen-bond donors (Lipinski definition) is 0. The minimum absolute atomic E-state index is 0.405. The molecular formula is C12H15ClN4O. The second-order valence-corrected chi connectivity index (χ2v) is 4.51. The van der Waals surface area contributed by atoms with Crippen molar-refractivity contribution in [3.05, 3.63) is 16.5 Å². The van der Waals surface area contributed by atoms with Gasteiger partial charge in [-0.15, -0.1) is 0 Å². The second-order valence-electron chi connectivity index (χ2n) is 4.15. The van der Waals surface area contributed by atoms with E-state index in [1.165, 1.54) is 0 Å². The molecule has 0 aromatic carbocycles. The highest BCUT2D eigenvalue weighted by Crippen LogP contribution is 2.26. The number of aryl methyl sites for hydroxylation is 1. The lowest BCUT2D eigenvalue weighted by atomic mass is 10.2. The zero-order valence-electron chi connectivity index (χ0n) is 10.5. The summed E-state index contributed by atoms with van der Waals surface area (Å²) >= 11 is 6.15. The Morgan fingerprint density at radius 2 is 2.33 bits per heavy atom. The maximum Gasteiger partial charge on any atom is 0.161 e. The molecule has 1 unspecified atom stereocenters. The molecule has 6 heteroatoms. The van der Waals surface area contributed by atoms with Gasteiger partial charge >= 0.3 is 0 Å². The maximum absolute atomic E-state index is 8.93. The maximum atomic E-state index is 8.93. The number of hydrogen-bond acceptors (Lipinski definition) is 5. The van der Waals surface area contributed by atoms with Gasteiger partial charge in [-0.2, -0.15) is 5.26 Å². The van der Waals surface area contributed by atoms with Crippen LogP contribution in [0.25, 0.3) is 0 Å². The molecule has 0 spiro atoms. The van der Waals surface area contributed by atoms with Crippen LogP contribution in [0.2, 0.25) is 5.15 Å². The number of anilines is 1. The lowest BCUT2D eigenvalue weighted by Gasteiger charge is -2.32. The predicted octanol–water partition coefficient (Wildman–Crippen LogP) is 1.73. The monoisotopic (exact) mass is 266 g/mol. The lowest BCUT2D eigenvalue weighted by Crippen LogP contribution is -2.42. The number of nitrogens with zero attached hydrogens (tertiary/aromatic N) is 4. The first-order valence-electron chi connectivity index (χ1n) is 5.95. The average molecular weight is 267 g/mol. The first kappa shape index (κ1) is 13.1. The zero-order chi connectivity index (χ0) is 13.1. The van der Waals surface area contributed by atoms with Gasteiger partial charge in [-0.3, -0.25) is 0 Å². The van der Waals surface area contributed by atoms with Crippen LogP contribution in [0.5, 0.6) is 0 Å². The van der Waals surface area contributed by atoms with Crippen LogP contribution in [-0.4, -0.2) is 35.8 Å². The van der Waals surface area contributed by atoms with Crippen LogP contribution in [0.4, 0.5) is 5.82 Å². The van der Waals surface area contributed by atoms with E-state index in [1.807, 2.05) is 13.8 Å². The summed E-state index contributed by atoms with van der Waals surface area (Å²) < 4.78 is 5.33. The smallest absolute Gasteiger partial charge is 0.161 e. The van der Waals surface area contributed by atoms with E-state index in [1.54, 1.807) is 0 Å². The van der Waals surface area contributed by atoms with Crippen molar-refractivity contribution in [3.8, 4) is 6.07 Å². The fourth-order valence-corrected chi connectivity index (χ4v) is 2.37. The Bertz CT molecular complexity index is 486. The summed E-state index contributed by atoms with van der Waals surface area (Å²) in [4.78, 5) is 10.7. The minimum Gasteiger partial charge on any atom is -0.360 e. The molecule has 1 aliphatic rings. The van der Waals surface area contributed by atoms with Crippen LogP contribution >= 0.6 is 11.6 Å². The second kappa shape index (κ2) is 5.51. The van der Waals surface area contributed by atoms with Gasteiger partial charge in [0.1, 0.15) is 16.8 Å². The van der Waals surface area contributed by atoms with Gasteiger partial charge in [0.2, 0.25) is 0 Å². The normalized spacial score (nSPS) is 19.7. The standard InChI is InChI=1S/C12H15ClN4O/c1-3-10-11(13)15-8(2)16-12(10)17-4-5-18-9(6-14)7-17/h9H,3-5,7H2,1-2H3. The van der Waals surface area contributed by atoms with E-state index in [-0.39, 0.29) is 0 Å². The van der Waals surface area contributed by atoms with E-state index >= 15 is 0 Å². The third kappa shape index (κ3) is 2.55. The Kier molecular flexibility index (Phi) is 4.00. The quantitative estimate of drug-likeness (QED) is 0.763. The van der Waals surface area contributed by atoms with Crippen LogP contribution < -0.4 is 4.90 Å². The molecular weight excluding hydrogens is 252 g/mol. The highest BCUT2D eigenvalue weighted by molar-refractivity contribution is 6.30. The molecule has 0 radical (unpaired) electrons. The van der Waals surface area contributed by atoms with E-state index in [9.17, 15) is 0 Å². The molecule has 1 atom stereocenters. The molecule has 1 aliphatic heterocycles. The van der Waals surface area contributed by atoms with E-state index in [4.69, 9.17) is 21.6 Å². The van der Waals surface area contributed by atoms with E-state index in [0.29, 0.717) is 24.1 Å². The molecule has 0 aliphatic carbocycles. The topological polar surface area (TPSA) is 62.0 Å². The van der Waals surface area contributed by atoms with Crippen LogP contribution in [-0.2, 0) is 11.2 Å². The SMILES string of the molecule is CCc1c(Cl)nc(C)nc1N1CCOC(C#N)C1. The molecule has 1 aromatic heterocycles. The van der Waals surface area contributed by atoms with Gasteiger partial charge in [0.05, 0.1) is 19.2 Å². The third-order valence-corrected chi connectivity index (χ3v) is 3.22. The summed E-state index contributed by atoms with van der Waals surface area (Å²) in [6, 6.07) is 2.13. The van der Waals surface area contributed by atoms with Gasteiger partial charge in [0.15, 0.2) is 6.10 Å². The Morgan fingerprint density at radius 3 is 3.00 bits per heavy atom. The molecule has 1 aromatic rings. The highest BCUT2D eigenvalue weighted by atomic mass is 35.5. The van der Waals surface area contributed by atoms with Crippen LogP contribution in [0, 0.1) is 18.3 Å². The van der Waals surface area contributed by atoms with E-state index in [2.05, 4.69) is 20.9 Å². The number of rotatable bonds is 2. The van der Waals surface area contributed by atoms with Crippen LogP contribution in [0.1, 0.15) is 18.3 Å². The molecule has 5 nitrogen and oxygen atoms in total. The molecule has 96 valence electrons. The number of nitriles is 1. The van der Waals surface area contributed by atoms with Crippen molar-refractivity contribution in [2.24, 2.45) is 0 Å². The van der Waals surface area contributed by atoms with Crippen molar-refractivity contribution in [3.63, 3.8) is 0 Å². The zero-order valence-corrected chi connectivity index (χ0v) is 11.2. The molecule has 18 heavy (non-hydrogen) atoms. The Balaban J connectivity index is 2.35. The Labute approximate surface area is 111 Å². The first-order chi connectivity index (χ1) is 8.65. The van der Waals surface area contributed by atoms with Crippen molar-refractivity contribution in [1.29, 1.82) is 5.26 Å². The van der Waals surface area contributed by atoms with Gasteiger partial charge in [-0.25, -0.2) is 9.97 Å². The van der Waals surface area contributed by atoms with Gasteiger partial charge in [-0.1, -0.05) is 18.5 Å². The Hall–Kier alpha value is -1.38. The molecule has 0 saturated carbocycles. The minimum atomic E-state index is -0.405. The van der Waals surface area contributed by atoms with Crippen molar-refractivity contribution in [2.75, 3.05) is 24.6 Å². The fourth-order valence-electron chi connectivity index (χ4n) is 2.03. The molecule has 2 rings (SSSR count). The van der Waals surface area contributed by atoms with Gasteiger partial charge in [0, 0.05) is 12.1 Å². The van der Waals surface area contributed by atoms with Gasteiger partial charge in [0.25, 0.3) is 0 Å².